The van der Waals surface area contributed by atoms with Crippen LogP contribution in [0.5, 0.6) is 0 Å². The Morgan fingerprint density at radius 1 is 1.33 bits per heavy atom. The second-order valence-electron chi connectivity index (χ2n) is 6.10. The lowest BCUT2D eigenvalue weighted by molar-refractivity contribution is 0.0525. The Morgan fingerprint density at radius 2 is 2.04 bits per heavy atom. The summed E-state index contributed by atoms with van der Waals surface area (Å²) in [5.74, 6) is -0.346. The van der Waals surface area contributed by atoms with Gasteiger partial charge in [0.05, 0.1) is 18.5 Å². The van der Waals surface area contributed by atoms with Gasteiger partial charge in [0.15, 0.2) is 5.03 Å². The molecular weight excluding hydrogens is 333 g/mol. The van der Waals surface area contributed by atoms with Crippen molar-refractivity contribution in [3.63, 3.8) is 0 Å². The molecule has 3 rings (SSSR count). The van der Waals surface area contributed by atoms with E-state index >= 15 is 0 Å². The molecular formula is C16H20FN3O3S. The van der Waals surface area contributed by atoms with Gasteiger partial charge in [0, 0.05) is 19.8 Å². The molecule has 1 N–H and O–H groups in total. The minimum absolute atomic E-state index is 0.0248. The van der Waals surface area contributed by atoms with Crippen LogP contribution in [0.2, 0.25) is 0 Å². The number of hydrogen-bond acceptors (Lipinski definition) is 4. The molecule has 1 fully saturated rings. The summed E-state index contributed by atoms with van der Waals surface area (Å²) >= 11 is 0. The van der Waals surface area contributed by atoms with Crippen LogP contribution < -0.4 is 0 Å². The van der Waals surface area contributed by atoms with Gasteiger partial charge in [0.1, 0.15) is 5.82 Å². The third kappa shape index (κ3) is 3.35. The van der Waals surface area contributed by atoms with E-state index in [2.05, 4.69) is 4.98 Å². The first-order valence-electron chi connectivity index (χ1n) is 7.80. The lowest BCUT2D eigenvalue weighted by Gasteiger charge is -2.37. The summed E-state index contributed by atoms with van der Waals surface area (Å²) in [6, 6.07) is 5.31. The molecule has 0 amide bonds. The van der Waals surface area contributed by atoms with E-state index in [0.717, 1.165) is 5.56 Å². The van der Waals surface area contributed by atoms with Crippen molar-refractivity contribution in [2.75, 3.05) is 6.54 Å². The number of aryl methyl sites for hydroxylation is 1. The van der Waals surface area contributed by atoms with E-state index in [0.29, 0.717) is 25.8 Å². The van der Waals surface area contributed by atoms with Crippen LogP contribution in [0.3, 0.4) is 0 Å². The fraction of sp³-hybridized carbons (Fsp3) is 0.438. The highest BCUT2D eigenvalue weighted by atomic mass is 32.2. The zero-order valence-electron chi connectivity index (χ0n) is 13.3. The van der Waals surface area contributed by atoms with Crippen molar-refractivity contribution in [3.8, 4) is 0 Å². The number of sulfonamides is 1. The van der Waals surface area contributed by atoms with E-state index in [1.807, 2.05) is 0 Å². The average Bonchev–Trinajstić information content (AvgIpc) is 2.98. The molecule has 0 aliphatic carbocycles. The van der Waals surface area contributed by atoms with Crippen LogP contribution in [0.15, 0.2) is 41.8 Å². The molecule has 1 aliphatic rings. The molecule has 0 spiro atoms. The molecule has 24 heavy (non-hydrogen) atoms. The van der Waals surface area contributed by atoms with Gasteiger partial charge in [-0.15, -0.1) is 0 Å². The SMILES string of the molecule is Cn1cnc(S(=O)(=O)N2CCC[C@H](O)[C@@H]2Cc2ccc(F)cc2)c1. The first kappa shape index (κ1) is 17.1. The lowest BCUT2D eigenvalue weighted by atomic mass is 9.95. The Bertz CT molecular complexity index is 804. The molecule has 1 aromatic carbocycles. The van der Waals surface area contributed by atoms with Crippen molar-refractivity contribution in [1.29, 1.82) is 0 Å². The molecule has 2 aromatic rings. The third-order valence-electron chi connectivity index (χ3n) is 4.30. The van der Waals surface area contributed by atoms with Crippen LogP contribution in [0.4, 0.5) is 4.39 Å². The van der Waals surface area contributed by atoms with E-state index in [1.165, 1.54) is 29.0 Å². The molecule has 1 aromatic heterocycles. The molecule has 0 saturated carbocycles. The van der Waals surface area contributed by atoms with Gasteiger partial charge in [-0.3, -0.25) is 0 Å². The summed E-state index contributed by atoms with van der Waals surface area (Å²) in [6.45, 7) is 0.335. The number of halogens is 1. The maximum absolute atomic E-state index is 13.1. The Kier molecular flexibility index (Phi) is 4.71. The van der Waals surface area contributed by atoms with Gasteiger partial charge in [-0.1, -0.05) is 12.1 Å². The number of aromatic nitrogens is 2. The molecule has 130 valence electrons. The Hall–Kier alpha value is -1.77. The highest BCUT2D eigenvalue weighted by Crippen LogP contribution is 2.27. The fourth-order valence-corrected chi connectivity index (χ4v) is 4.71. The standard InChI is InChI=1S/C16H20FN3O3S/c1-19-10-16(18-11-19)24(22,23)20-8-2-3-15(21)14(20)9-12-4-6-13(17)7-5-12/h4-7,10-11,14-15,21H,2-3,8-9H2,1H3/t14-,15-/m0/s1. The molecule has 0 radical (unpaired) electrons. The minimum Gasteiger partial charge on any atom is -0.391 e. The molecule has 6 nitrogen and oxygen atoms in total. The van der Waals surface area contributed by atoms with Gasteiger partial charge in [0.2, 0.25) is 0 Å². The Labute approximate surface area is 140 Å². The fourth-order valence-electron chi connectivity index (χ4n) is 3.05. The van der Waals surface area contributed by atoms with E-state index in [4.69, 9.17) is 0 Å². The van der Waals surface area contributed by atoms with Crippen LogP contribution in [0.1, 0.15) is 18.4 Å². The van der Waals surface area contributed by atoms with Crippen LogP contribution >= 0.6 is 0 Å². The number of hydrogen-bond donors (Lipinski definition) is 1. The first-order valence-corrected chi connectivity index (χ1v) is 9.24. The van der Waals surface area contributed by atoms with Gasteiger partial charge in [-0.25, -0.2) is 17.8 Å². The van der Waals surface area contributed by atoms with Gasteiger partial charge < -0.3 is 9.67 Å². The van der Waals surface area contributed by atoms with Gasteiger partial charge in [-0.05, 0) is 37.0 Å². The van der Waals surface area contributed by atoms with E-state index < -0.39 is 22.2 Å². The van der Waals surface area contributed by atoms with Crippen LogP contribution in [0.25, 0.3) is 0 Å². The van der Waals surface area contributed by atoms with Crippen molar-refractivity contribution < 1.29 is 17.9 Å². The predicted octanol–water partition coefficient (Wildman–Crippen LogP) is 1.32. The summed E-state index contributed by atoms with van der Waals surface area (Å²) in [5.41, 5.74) is 0.781. The summed E-state index contributed by atoms with van der Waals surface area (Å²) in [5, 5.41) is 10.3. The molecule has 2 heterocycles. The molecule has 2 atom stereocenters. The van der Waals surface area contributed by atoms with E-state index in [-0.39, 0.29) is 10.8 Å². The molecule has 0 unspecified atom stereocenters. The van der Waals surface area contributed by atoms with Gasteiger partial charge in [-0.2, -0.15) is 4.31 Å². The number of rotatable bonds is 4. The van der Waals surface area contributed by atoms with Crippen LogP contribution in [-0.4, -0.2) is 46.1 Å². The van der Waals surface area contributed by atoms with E-state index in [1.54, 1.807) is 23.7 Å². The lowest BCUT2D eigenvalue weighted by Crippen LogP contribution is -2.52. The van der Waals surface area contributed by atoms with Crippen LogP contribution in [0, 0.1) is 5.82 Å². The second kappa shape index (κ2) is 6.62. The highest BCUT2D eigenvalue weighted by molar-refractivity contribution is 7.89. The number of benzene rings is 1. The normalized spacial score (nSPS) is 22.6. The van der Waals surface area contributed by atoms with Crippen molar-refractivity contribution >= 4 is 10.0 Å². The quantitative estimate of drug-likeness (QED) is 0.899. The highest BCUT2D eigenvalue weighted by Gasteiger charge is 2.39. The maximum atomic E-state index is 13.1. The summed E-state index contributed by atoms with van der Waals surface area (Å²) in [6.07, 6.45) is 3.58. The van der Waals surface area contributed by atoms with Gasteiger partial charge in [0.25, 0.3) is 10.0 Å². The average molecular weight is 353 g/mol. The van der Waals surface area contributed by atoms with Crippen molar-refractivity contribution in [3.05, 3.63) is 48.2 Å². The predicted molar refractivity (Wildman–Crippen MR) is 86.2 cm³/mol. The van der Waals surface area contributed by atoms with Crippen molar-refractivity contribution in [2.24, 2.45) is 7.05 Å². The smallest absolute Gasteiger partial charge is 0.262 e. The Morgan fingerprint density at radius 3 is 2.67 bits per heavy atom. The summed E-state index contributed by atoms with van der Waals surface area (Å²) < 4.78 is 41.7. The van der Waals surface area contributed by atoms with Gasteiger partial charge >= 0.3 is 0 Å². The largest absolute Gasteiger partial charge is 0.391 e. The number of piperidine rings is 1. The number of imidazole rings is 1. The van der Waals surface area contributed by atoms with Crippen molar-refractivity contribution in [1.82, 2.24) is 13.9 Å². The van der Waals surface area contributed by atoms with Crippen molar-refractivity contribution in [2.45, 2.75) is 36.4 Å². The second-order valence-corrected chi connectivity index (χ2v) is 7.94. The monoisotopic (exact) mass is 353 g/mol. The number of aliphatic hydroxyl groups excluding tert-OH is 1. The first-order chi connectivity index (χ1) is 11.4. The van der Waals surface area contributed by atoms with E-state index in [9.17, 15) is 17.9 Å². The third-order valence-corrected chi connectivity index (χ3v) is 6.11. The zero-order chi connectivity index (χ0) is 17.3. The molecule has 8 heteroatoms. The maximum Gasteiger partial charge on any atom is 0.262 e. The number of nitrogens with zero attached hydrogens (tertiary/aromatic N) is 3. The summed E-state index contributed by atoms with van der Waals surface area (Å²) in [7, 11) is -2.08. The van der Waals surface area contributed by atoms with Crippen LogP contribution in [-0.2, 0) is 23.5 Å². The summed E-state index contributed by atoms with van der Waals surface area (Å²) in [4.78, 5) is 3.94. The molecule has 0 bridgehead atoms. The topological polar surface area (TPSA) is 75.4 Å². The molecule has 1 saturated heterocycles. The number of aliphatic hydroxyl groups is 1. The minimum atomic E-state index is -3.78. The molecule has 1 aliphatic heterocycles. The Balaban J connectivity index is 1.90. The zero-order valence-corrected chi connectivity index (χ0v) is 14.2.